The lowest BCUT2D eigenvalue weighted by molar-refractivity contribution is 0.193. The van der Waals surface area contributed by atoms with Crippen molar-refractivity contribution in [2.45, 2.75) is 50.5 Å². The summed E-state index contributed by atoms with van der Waals surface area (Å²) >= 11 is 0. The first-order valence-electron chi connectivity index (χ1n) is 16.5. The second kappa shape index (κ2) is 9.48. The maximum atomic E-state index is 6.31. The lowest BCUT2D eigenvalue weighted by atomic mass is 9.62. The van der Waals surface area contributed by atoms with E-state index in [0.717, 1.165) is 74.3 Å². The van der Waals surface area contributed by atoms with Gasteiger partial charge >= 0.3 is 0 Å². The van der Waals surface area contributed by atoms with Crippen molar-refractivity contribution in [3.8, 4) is 17.3 Å². The van der Waals surface area contributed by atoms with Crippen LogP contribution in [0.4, 0.5) is 11.6 Å². The van der Waals surface area contributed by atoms with E-state index in [-0.39, 0.29) is 11.0 Å². The summed E-state index contributed by atoms with van der Waals surface area (Å²) in [6.07, 6.45) is 8.42. The minimum atomic E-state index is -0.234. The van der Waals surface area contributed by atoms with E-state index in [9.17, 15) is 0 Å². The van der Waals surface area contributed by atoms with Gasteiger partial charge in [0.05, 0.1) is 28.5 Å². The predicted octanol–water partition coefficient (Wildman–Crippen LogP) is 9.67. The van der Waals surface area contributed by atoms with E-state index >= 15 is 0 Å². The van der Waals surface area contributed by atoms with Gasteiger partial charge in [-0.1, -0.05) is 86.5 Å². The molecule has 4 aromatic carbocycles. The van der Waals surface area contributed by atoms with Crippen LogP contribution in [0, 0.1) is 0 Å². The van der Waals surface area contributed by atoms with E-state index in [0.29, 0.717) is 17.7 Å². The first-order valence-corrected chi connectivity index (χ1v) is 16.5. The maximum absolute atomic E-state index is 6.31. The number of anilines is 2. The molecule has 0 radical (unpaired) electrons. The Hall–Kier alpha value is -5.56. The van der Waals surface area contributed by atoms with Crippen LogP contribution in [0.3, 0.4) is 0 Å². The van der Waals surface area contributed by atoms with E-state index < -0.39 is 0 Å². The molecule has 10 rings (SSSR count). The highest BCUT2D eigenvalue weighted by Gasteiger charge is 2.58. The summed E-state index contributed by atoms with van der Waals surface area (Å²) in [5.74, 6) is 1.84. The highest BCUT2D eigenvalue weighted by molar-refractivity contribution is 6.12. The fourth-order valence-electron chi connectivity index (χ4n) is 8.67. The van der Waals surface area contributed by atoms with Gasteiger partial charge in [0.15, 0.2) is 5.82 Å². The molecule has 0 spiro atoms. The first-order chi connectivity index (χ1) is 23.0. The van der Waals surface area contributed by atoms with Crippen LogP contribution < -0.4 is 4.90 Å². The Labute approximate surface area is 271 Å². The molecule has 8 aromatic rings. The Bertz CT molecular complexity index is 2500. The summed E-state index contributed by atoms with van der Waals surface area (Å²) in [5.41, 5.74) is 6.78. The molecule has 1 saturated carbocycles. The van der Waals surface area contributed by atoms with Crippen LogP contribution in [0.5, 0.6) is 0 Å². The Morgan fingerprint density at radius 2 is 1.34 bits per heavy atom. The van der Waals surface area contributed by atoms with Crippen molar-refractivity contribution >= 4 is 55.4 Å². The van der Waals surface area contributed by atoms with Crippen LogP contribution in [0.2, 0.25) is 0 Å². The second-order valence-corrected chi connectivity index (χ2v) is 13.4. The standard InChI is InChI=1S/C40H32N6O/c1-39-21-9-10-22-40(39,2)46(32-24-41-23-20-29(32)39)38-43-36(28-15-11-19-34-35(28)27-14-5-8-18-33(27)47-34)42-37(44-38)45-30-16-6-3-12-25(30)26-13-4-7-17-31(26)45/h3-8,11-20,23-24H,9-10,21-22H2,1-2H3. The smallest absolute Gasteiger partial charge is 0.240 e. The van der Waals surface area contributed by atoms with E-state index in [1.807, 2.05) is 36.7 Å². The Morgan fingerprint density at radius 3 is 2.15 bits per heavy atom. The number of hydrogen-bond acceptors (Lipinski definition) is 6. The van der Waals surface area contributed by atoms with Gasteiger partial charge in [0.25, 0.3) is 0 Å². The lowest BCUT2D eigenvalue weighted by Gasteiger charge is -2.49. The van der Waals surface area contributed by atoms with E-state index in [2.05, 4.69) is 101 Å². The lowest BCUT2D eigenvalue weighted by Crippen LogP contribution is -2.55. The number of pyridine rings is 1. The molecule has 2 unspecified atom stereocenters. The van der Waals surface area contributed by atoms with Gasteiger partial charge in [-0.3, -0.25) is 9.55 Å². The largest absolute Gasteiger partial charge is 0.456 e. The monoisotopic (exact) mass is 612 g/mol. The number of para-hydroxylation sites is 3. The third-order valence-corrected chi connectivity index (χ3v) is 11.1. The van der Waals surface area contributed by atoms with Crippen LogP contribution in [0.1, 0.15) is 45.1 Å². The van der Waals surface area contributed by atoms with Crippen LogP contribution in [0.15, 0.2) is 114 Å². The molecule has 1 fully saturated rings. The number of aromatic nitrogens is 5. The predicted molar refractivity (Wildman–Crippen MR) is 187 cm³/mol. The molecule has 0 amide bonds. The fourth-order valence-corrected chi connectivity index (χ4v) is 8.67. The average molecular weight is 613 g/mol. The van der Waals surface area contributed by atoms with Crippen molar-refractivity contribution in [2.75, 3.05) is 4.90 Å². The zero-order valence-electron chi connectivity index (χ0n) is 26.3. The third kappa shape index (κ3) is 3.51. The summed E-state index contributed by atoms with van der Waals surface area (Å²) in [6, 6.07) is 33.5. The van der Waals surface area contributed by atoms with Crippen LogP contribution >= 0.6 is 0 Å². The van der Waals surface area contributed by atoms with Crippen molar-refractivity contribution in [1.29, 1.82) is 0 Å². The summed E-state index contributed by atoms with van der Waals surface area (Å²) in [7, 11) is 0. The molecule has 0 bridgehead atoms. The molecular weight excluding hydrogens is 580 g/mol. The molecular formula is C40H32N6O. The molecule has 228 valence electrons. The van der Waals surface area contributed by atoms with E-state index in [1.165, 1.54) is 12.0 Å². The molecule has 5 heterocycles. The quantitative estimate of drug-likeness (QED) is 0.198. The van der Waals surface area contributed by atoms with Crippen LogP contribution in [0.25, 0.3) is 61.1 Å². The molecule has 4 aromatic heterocycles. The van der Waals surface area contributed by atoms with Gasteiger partial charge in [-0.2, -0.15) is 15.0 Å². The van der Waals surface area contributed by atoms with Gasteiger partial charge in [0.2, 0.25) is 11.9 Å². The van der Waals surface area contributed by atoms with E-state index in [4.69, 9.17) is 19.4 Å². The number of hydrogen-bond donors (Lipinski definition) is 0. The molecule has 47 heavy (non-hydrogen) atoms. The minimum Gasteiger partial charge on any atom is -0.456 e. The summed E-state index contributed by atoms with van der Waals surface area (Å²) in [6.45, 7) is 4.80. The van der Waals surface area contributed by atoms with Gasteiger partial charge in [0, 0.05) is 38.7 Å². The van der Waals surface area contributed by atoms with Gasteiger partial charge in [-0.25, -0.2) is 0 Å². The van der Waals surface area contributed by atoms with Crippen molar-refractivity contribution in [2.24, 2.45) is 0 Å². The molecule has 1 aliphatic heterocycles. The molecule has 7 nitrogen and oxygen atoms in total. The van der Waals surface area contributed by atoms with Crippen molar-refractivity contribution in [3.63, 3.8) is 0 Å². The Balaban J connectivity index is 1.31. The number of fused-ring (bicyclic) bond motifs is 9. The Morgan fingerprint density at radius 1 is 0.660 bits per heavy atom. The summed E-state index contributed by atoms with van der Waals surface area (Å²) < 4.78 is 8.50. The van der Waals surface area contributed by atoms with Crippen molar-refractivity contribution < 1.29 is 4.42 Å². The SMILES string of the molecule is CC12CCCCC1(C)N(c1nc(-c3cccc4oc5ccccc5c34)nc(-n3c4ccccc4c4ccccc43)n1)c1cnccc12. The normalized spacial score (nSPS) is 20.8. The third-order valence-electron chi connectivity index (χ3n) is 11.1. The highest BCUT2D eigenvalue weighted by Crippen LogP contribution is 2.60. The number of nitrogens with zero attached hydrogens (tertiary/aromatic N) is 6. The molecule has 2 atom stereocenters. The highest BCUT2D eigenvalue weighted by atomic mass is 16.3. The summed E-state index contributed by atoms with van der Waals surface area (Å²) in [5, 5.41) is 4.38. The van der Waals surface area contributed by atoms with Gasteiger partial charge in [-0.15, -0.1) is 0 Å². The average Bonchev–Trinajstić information content (AvgIpc) is 3.72. The fraction of sp³-hybridized carbons (Fsp3) is 0.200. The topological polar surface area (TPSA) is 72.9 Å². The van der Waals surface area contributed by atoms with Gasteiger partial charge in [-0.05, 0) is 55.7 Å². The zero-order valence-corrected chi connectivity index (χ0v) is 26.3. The maximum Gasteiger partial charge on any atom is 0.240 e. The minimum absolute atomic E-state index is 0.0654. The van der Waals surface area contributed by atoms with Crippen molar-refractivity contribution in [1.82, 2.24) is 24.5 Å². The molecule has 1 aliphatic carbocycles. The number of rotatable bonds is 3. The molecule has 7 heteroatoms. The van der Waals surface area contributed by atoms with Gasteiger partial charge in [0.1, 0.15) is 11.2 Å². The zero-order chi connectivity index (χ0) is 31.3. The second-order valence-electron chi connectivity index (χ2n) is 13.4. The van der Waals surface area contributed by atoms with E-state index in [1.54, 1.807) is 0 Å². The van der Waals surface area contributed by atoms with Crippen LogP contribution in [-0.4, -0.2) is 30.0 Å². The van der Waals surface area contributed by atoms with Crippen LogP contribution in [-0.2, 0) is 5.41 Å². The number of benzene rings is 4. The molecule has 0 N–H and O–H groups in total. The first kappa shape index (κ1) is 26.6. The molecule has 2 aliphatic rings. The summed E-state index contributed by atoms with van der Waals surface area (Å²) in [4.78, 5) is 23.1. The molecule has 0 saturated heterocycles. The van der Waals surface area contributed by atoms with Crippen molar-refractivity contribution in [3.05, 3.63) is 115 Å². The Kier molecular flexibility index (Phi) is 5.38. The number of furan rings is 1. The van der Waals surface area contributed by atoms with Gasteiger partial charge < -0.3 is 9.32 Å².